The van der Waals surface area contributed by atoms with Crippen LogP contribution in [0.5, 0.6) is 11.5 Å². The molecule has 8 heteroatoms. The molecule has 1 aliphatic heterocycles. The monoisotopic (exact) mass is 379 g/mol. The van der Waals surface area contributed by atoms with E-state index in [2.05, 4.69) is 5.32 Å². The maximum Gasteiger partial charge on any atom is 0.339 e. The number of carboxylic acids is 1. The minimum absolute atomic E-state index is 0.0104. The molecule has 7 nitrogen and oxygen atoms in total. The first-order valence-electron chi connectivity index (χ1n) is 8.21. The second-order valence-corrected chi connectivity index (χ2v) is 6.12. The minimum atomic E-state index is -1.12. The van der Waals surface area contributed by atoms with Crippen LogP contribution in [0.1, 0.15) is 39.2 Å². The second kappa shape index (κ2) is 7.70. The summed E-state index contributed by atoms with van der Waals surface area (Å²) in [5, 5.41) is 12.3. The standard InChI is InChI=1S/C18H18ClNO6/c1-2-13-11(18(22)23)9-15(26-13)17(21)20-4-3-10-7-12(19)16-14(8-10)24-5-6-25-16/h7-9H,2-6H2,1H3,(H,20,21)(H,22,23). The summed E-state index contributed by atoms with van der Waals surface area (Å²) in [6.45, 7) is 3.02. The molecular weight excluding hydrogens is 362 g/mol. The quantitative estimate of drug-likeness (QED) is 0.800. The lowest BCUT2D eigenvalue weighted by atomic mass is 10.1. The lowest BCUT2D eigenvalue weighted by Gasteiger charge is -2.20. The fourth-order valence-electron chi connectivity index (χ4n) is 2.70. The molecule has 2 aromatic rings. The maximum absolute atomic E-state index is 12.2. The number of carbonyl (C=O) groups is 2. The van der Waals surface area contributed by atoms with Gasteiger partial charge in [-0.25, -0.2) is 4.79 Å². The zero-order valence-electron chi connectivity index (χ0n) is 14.1. The number of furan rings is 1. The highest BCUT2D eigenvalue weighted by atomic mass is 35.5. The van der Waals surface area contributed by atoms with Crippen LogP contribution in [0.25, 0.3) is 0 Å². The highest BCUT2D eigenvalue weighted by molar-refractivity contribution is 6.32. The predicted molar refractivity (Wildman–Crippen MR) is 93.5 cm³/mol. The normalized spacial score (nSPS) is 12.7. The summed E-state index contributed by atoms with van der Waals surface area (Å²) in [6.07, 6.45) is 0.917. The molecule has 2 N–H and O–H groups in total. The molecule has 1 aromatic carbocycles. The van der Waals surface area contributed by atoms with Crippen molar-refractivity contribution >= 4 is 23.5 Å². The predicted octanol–water partition coefficient (Wildman–Crippen LogP) is 2.94. The molecule has 0 aliphatic carbocycles. The van der Waals surface area contributed by atoms with Crippen LogP contribution < -0.4 is 14.8 Å². The van der Waals surface area contributed by atoms with Gasteiger partial charge in [0.25, 0.3) is 5.91 Å². The van der Waals surface area contributed by atoms with Crippen LogP contribution in [0.15, 0.2) is 22.6 Å². The molecule has 138 valence electrons. The molecule has 0 saturated carbocycles. The van der Waals surface area contributed by atoms with E-state index in [1.54, 1.807) is 13.0 Å². The Balaban J connectivity index is 1.62. The largest absolute Gasteiger partial charge is 0.486 e. The number of amides is 1. The van der Waals surface area contributed by atoms with E-state index in [0.717, 1.165) is 5.56 Å². The zero-order chi connectivity index (χ0) is 18.7. The maximum atomic E-state index is 12.2. The molecule has 0 bridgehead atoms. The Bertz CT molecular complexity index is 844. The van der Waals surface area contributed by atoms with Crippen LogP contribution in [0.2, 0.25) is 5.02 Å². The van der Waals surface area contributed by atoms with Crippen LogP contribution in [0, 0.1) is 0 Å². The SMILES string of the molecule is CCc1oc(C(=O)NCCc2cc(Cl)c3c(c2)OCCO3)cc1C(=O)O. The van der Waals surface area contributed by atoms with Gasteiger partial charge in [0.2, 0.25) is 0 Å². The first-order chi connectivity index (χ1) is 12.5. The van der Waals surface area contributed by atoms with E-state index in [0.29, 0.717) is 49.1 Å². The third kappa shape index (κ3) is 3.77. The lowest BCUT2D eigenvalue weighted by Crippen LogP contribution is -2.25. The van der Waals surface area contributed by atoms with E-state index >= 15 is 0 Å². The van der Waals surface area contributed by atoms with Crippen molar-refractivity contribution in [2.24, 2.45) is 0 Å². The van der Waals surface area contributed by atoms with E-state index in [-0.39, 0.29) is 17.1 Å². The van der Waals surface area contributed by atoms with Gasteiger partial charge in [-0.2, -0.15) is 0 Å². The van der Waals surface area contributed by atoms with Crippen molar-refractivity contribution < 1.29 is 28.6 Å². The molecule has 1 amide bonds. The van der Waals surface area contributed by atoms with Gasteiger partial charge in [-0.05, 0) is 24.1 Å². The number of fused-ring (bicyclic) bond motifs is 1. The van der Waals surface area contributed by atoms with Crippen molar-refractivity contribution in [3.05, 3.63) is 45.9 Å². The number of benzene rings is 1. The molecule has 0 radical (unpaired) electrons. The molecular formula is C18H18ClNO6. The van der Waals surface area contributed by atoms with Crippen LogP contribution in [-0.4, -0.2) is 36.7 Å². The van der Waals surface area contributed by atoms with Gasteiger partial charge < -0.3 is 24.3 Å². The molecule has 0 saturated heterocycles. The number of hydrogen-bond acceptors (Lipinski definition) is 5. The Morgan fingerprint density at radius 1 is 1.23 bits per heavy atom. The summed E-state index contributed by atoms with van der Waals surface area (Å²) in [5.41, 5.74) is 0.899. The Hall–Kier alpha value is -2.67. The summed E-state index contributed by atoms with van der Waals surface area (Å²) in [4.78, 5) is 23.3. The van der Waals surface area contributed by atoms with Crippen LogP contribution in [0.3, 0.4) is 0 Å². The molecule has 0 atom stereocenters. The molecule has 0 unspecified atom stereocenters. The van der Waals surface area contributed by atoms with Gasteiger partial charge in [0.1, 0.15) is 24.5 Å². The van der Waals surface area contributed by atoms with E-state index in [1.165, 1.54) is 6.07 Å². The highest BCUT2D eigenvalue weighted by Crippen LogP contribution is 2.38. The van der Waals surface area contributed by atoms with Gasteiger partial charge >= 0.3 is 5.97 Å². The van der Waals surface area contributed by atoms with E-state index in [9.17, 15) is 9.59 Å². The Morgan fingerprint density at radius 2 is 2.00 bits per heavy atom. The van der Waals surface area contributed by atoms with E-state index in [4.69, 9.17) is 30.6 Å². The van der Waals surface area contributed by atoms with Crippen LogP contribution in [0.4, 0.5) is 0 Å². The fourth-order valence-corrected chi connectivity index (χ4v) is 2.99. The van der Waals surface area contributed by atoms with Crippen molar-refractivity contribution in [1.29, 1.82) is 0 Å². The molecule has 26 heavy (non-hydrogen) atoms. The second-order valence-electron chi connectivity index (χ2n) is 5.71. The van der Waals surface area contributed by atoms with Gasteiger partial charge in [0.15, 0.2) is 17.3 Å². The summed E-state index contributed by atoms with van der Waals surface area (Å²) in [6, 6.07) is 4.85. The summed E-state index contributed by atoms with van der Waals surface area (Å²) in [5.74, 6) is -0.184. The third-order valence-electron chi connectivity index (χ3n) is 3.94. The Kier molecular flexibility index (Phi) is 5.37. The number of carboxylic acid groups (broad SMARTS) is 1. The number of halogens is 1. The molecule has 0 spiro atoms. The molecule has 1 aromatic heterocycles. The lowest BCUT2D eigenvalue weighted by molar-refractivity contribution is 0.0694. The first kappa shape index (κ1) is 18.1. The minimum Gasteiger partial charge on any atom is -0.486 e. The van der Waals surface area contributed by atoms with Crippen molar-refractivity contribution in [2.45, 2.75) is 19.8 Å². The van der Waals surface area contributed by atoms with E-state index < -0.39 is 11.9 Å². The summed E-state index contributed by atoms with van der Waals surface area (Å²) < 4.78 is 16.3. The van der Waals surface area contributed by atoms with Gasteiger partial charge in [-0.3, -0.25) is 4.79 Å². The van der Waals surface area contributed by atoms with Crippen molar-refractivity contribution in [3.8, 4) is 11.5 Å². The van der Waals surface area contributed by atoms with Crippen molar-refractivity contribution in [2.75, 3.05) is 19.8 Å². The smallest absolute Gasteiger partial charge is 0.339 e. The molecule has 1 aliphatic rings. The van der Waals surface area contributed by atoms with Gasteiger partial charge in [0, 0.05) is 19.0 Å². The van der Waals surface area contributed by atoms with Crippen LogP contribution >= 0.6 is 11.6 Å². The molecule has 3 rings (SSSR count). The number of aryl methyl sites for hydroxylation is 1. The molecule has 0 fully saturated rings. The fraction of sp³-hybridized carbons (Fsp3) is 0.333. The average molecular weight is 380 g/mol. The Morgan fingerprint density at radius 3 is 2.69 bits per heavy atom. The van der Waals surface area contributed by atoms with Gasteiger partial charge in [-0.1, -0.05) is 18.5 Å². The first-order valence-corrected chi connectivity index (χ1v) is 8.59. The van der Waals surface area contributed by atoms with Gasteiger partial charge in [0.05, 0.1) is 5.02 Å². The number of ether oxygens (including phenoxy) is 2. The van der Waals surface area contributed by atoms with Crippen molar-refractivity contribution in [1.82, 2.24) is 5.32 Å². The van der Waals surface area contributed by atoms with Gasteiger partial charge in [-0.15, -0.1) is 0 Å². The average Bonchev–Trinajstić information content (AvgIpc) is 3.06. The number of nitrogens with one attached hydrogen (secondary N) is 1. The highest BCUT2D eigenvalue weighted by Gasteiger charge is 2.20. The summed E-state index contributed by atoms with van der Waals surface area (Å²) in [7, 11) is 0. The van der Waals surface area contributed by atoms with Crippen LogP contribution in [-0.2, 0) is 12.8 Å². The Labute approximate surface area is 154 Å². The van der Waals surface area contributed by atoms with Crippen molar-refractivity contribution in [3.63, 3.8) is 0 Å². The number of rotatable bonds is 6. The number of aromatic carboxylic acids is 1. The summed E-state index contributed by atoms with van der Waals surface area (Å²) >= 11 is 6.19. The number of hydrogen-bond donors (Lipinski definition) is 2. The molecule has 2 heterocycles. The topological polar surface area (TPSA) is 98.0 Å². The number of carbonyl (C=O) groups excluding carboxylic acids is 1. The third-order valence-corrected chi connectivity index (χ3v) is 4.22. The zero-order valence-corrected chi connectivity index (χ0v) is 14.9. The van der Waals surface area contributed by atoms with E-state index in [1.807, 2.05) is 6.07 Å².